The lowest BCUT2D eigenvalue weighted by Gasteiger charge is -2.11. The summed E-state index contributed by atoms with van der Waals surface area (Å²) in [5.74, 6) is 0. The number of fused-ring (bicyclic) bond motifs is 15. The molecule has 5 heteroatoms. The molecule has 0 saturated carbocycles. The number of benzene rings is 6. The van der Waals surface area contributed by atoms with Crippen molar-refractivity contribution in [1.82, 2.24) is 18.5 Å². The molecule has 0 N–H and O–H groups in total. The number of para-hydroxylation sites is 6. The van der Waals surface area contributed by atoms with E-state index in [1.165, 1.54) is 21.8 Å². The van der Waals surface area contributed by atoms with E-state index < -0.39 is 0 Å². The Balaban J connectivity index is 1.36. The molecule has 0 aliphatic carbocycles. The Hall–Kier alpha value is -6.33. The number of imidazole rings is 1. The van der Waals surface area contributed by atoms with Crippen molar-refractivity contribution in [3.63, 3.8) is 0 Å². The number of pyridine rings is 1. The third kappa shape index (κ3) is 2.97. The molecule has 0 radical (unpaired) electrons. The average Bonchev–Trinajstić information content (AvgIpc) is 3.86. The molecule has 0 atom stereocenters. The number of hydrogen-bond acceptors (Lipinski definition) is 2. The summed E-state index contributed by atoms with van der Waals surface area (Å²) in [6, 6.07) is 51.6. The lowest BCUT2D eigenvalue weighted by atomic mass is 10.1. The molecule has 0 amide bonds. The lowest BCUT2D eigenvalue weighted by molar-refractivity contribution is 0.650. The van der Waals surface area contributed by atoms with Crippen LogP contribution in [-0.4, -0.2) is 18.5 Å². The Morgan fingerprint density at radius 1 is 0.457 bits per heavy atom. The molecule has 0 aliphatic rings. The van der Waals surface area contributed by atoms with Crippen molar-refractivity contribution in [1.29, 1.82) is 0 Å². The minimum atomic E-state index is 0.809. The number of rotatable bonds is 2. The van der Waals surface area contributed by atoms with Crippen molar-refractivity contribution in [3.8, 4) is 11.4 Å². The van der Waals surface area contributed by atoms with Gasteiger partial charge in [-0.2, -0.15) is 0 Å². The largest absolute Gasteiger partial charge is 0.439 e. The van der Waals surface area contributed by atoms with Crippen molar-refractivity contribution in [2.45, 2.75) is 0 Å². The van der Waals surface area contributed by atoms with Gasteiger partial charge in [0.2, 0.25) is 5.71 Å². The standard InChI is InChI=1S/C41H24N4O/c1-2-12-25(13-3-1)43-32-18-8-4-14-27(32)30-24-26(22-23-34(30)43)44-33-19-9-5-15-28(33)37-39(44)38-29-16-6-11-21-36(29)46-41(38)45-35-20-10-7-17-31(35)42-40(37)45/h1-24H. The molecule has 11 rings (SSSR count). The molecule has 0 fully saturated rings. The maximum absolute atomic E-state index is 6.71. The highest BCUT2D eigenvalue weighted by molar-refractivity contribution is 6.28. The second-order valence-electron chi connectivity index (χ2n) is 12.0. The second kappa shape index (κ2) is 8.65. The normalized spacial score (nSPS) is 12.3. The van der Waals surface area contributed by atoms with Crippen LogP contribution in [0.4, 0.5) is 0 Å². The van der Waals surface area contributed by atoms with E-state index in [0.717, 1.165) is 71.9 Å². The van der Waals surface area contributed by atoms with E-state index in [0.29, 0.717) is 0 Å². The quantitative estimate of drug-likeness (QED) is 0.202. The summed E-state index contributed by atoms with van der Waals surface area (Å²) in [4.78, 5) is 5.23. The van der Waals surface area contributed by atoms with Gasteiger partial charge in [0.05, 0.1) is 43.9 Å². The minimum Gasteiger partial charge on any atom is -0.439 e. The molecule has 11 aromatic rings. The first kappa shape index (κ1) is 24.0. The molecule has 5 heterocycles. The Morgan fingerprint density at radius 2 is 1.11 bits per heavy atom. The Morgan fingerprint density at radius 3 is 1.96 bits per heavy atom. The Labute approximate surface area is 261 Å². The Bertz CT molecular complexity index is 3000. The van der Waals surface area contributed by atoms with Crippen molar-refractivity contribution >= 4 is 82.4 Å². The van der Waals surface area contributed by atoms with Gasteiger partial charge in [-0.25, -0.2) is 4.98 Å². The molecule has 5 aromatic heterocycles. The molecule has 214 valence electrons. The van der Waals surface area contributed by atoms with Crippen LogP contribution in [-0.2, 0) is 0 Å². The molecular formula is C41H24N4O. The van der Waals surface area contributed by atoms with Gasteiger partial charge < -0.3 is 13.6 Å². The fraction of sp³-hybridized carbons (Fsp3) is 0. The third-order valence-electron chi connectivity index (χ3n) is 9.60. The van der Waals surface area contributed by atoms with Crippen molar-refractivity contribution < 1.29 is 4.42 Å². The predicted octanol–water partition coefficient (Wildman–Crippen LogP) is 10.6. The smallest absolute Gasteiger partial charge is 0.216 e. The molecule has 6 aromatic carbocycles. The molecule has 0 aliphatic heterocycles. The highest BCUT2D eigenvalue weighted by Crippen LogP contribution is 2.44. The fourth-order valence-corrected chi connectivity index (χ4v) is 7.74. The lowest BCUT2D eigenvalue weighted by Crippen LogP contribution is -1.97. The summed E-state index contributed by atoms with van der Waals surface area (Å²) >= 11 is 0. The maximum Gasteiger partial charge on any atom is 0.216 e. The van der Waals surface area contributed by atoms with E-state index >= 15 is 0 Å². The van der Waals surface area contributed by atoms with E-state index in [2.05, 4.69) is 147 Å². The van der Waals surface area contributed by atoms with Gasteiger partial charge in [0.15, 0.2) is 5.65 Å². The third-order valence-corrected chi connectivity index (χ3v) is 9.60. The second-order valence-corrected chi connectivity index (χ2v) is 12.0. The first-order chi connectivity index (χ1) is 22.8. The Kier molecular flexibility index (Phi) is 4.52. The SMILES string of the molecule is c1ccc(-n2c3ccccc3c3cc(-n4c5ccccc5c5c4c4c6ccccc6oc4n4c6ccccc6nc54)ccc32)cc1. The van der Waals surface area contributed by atoms with Crippen molar-refractivity contribution in [3.05, 3.63) is 146 Å². The predicted molar refractivity (Wildman–Crippen MR) is 189 cm³/mol. The van der Waals surface area contributed by atoms with Gasteiger partial charge in [0.1, 0.15) is 5.58 Å². The van der Waals surface area contributed by atoms with E-state index in [9.17, 15) is 0 Å². The topological polar surface area (TPSA) is 40.3 Å². The van der Waals surface area contributed by atoms with Gasteiger partial charge in [0, 0.05) is 32.9 Å². The van der Waals surface area contributed by atoms with Gasteiger partial charge in [-0.3, -0.25) is 4.40 Å². The van der Waals surface area contributed by atoms with E-state index in [-0.39, 0.29) is 0 Å². The zero-order valence-electron chi connectivity index (χ0n) is 24.6. The monoisotopic (exact) mass is 588 g/mol. The highest BCUT2D eigenvalue weighted by Gasteiger charge is 2.25. The van der Waals surface area contributed by atoms with Crippen LogP contribution in [0.3, 0.4) is 0 Å². The minimum absolute atomic E-state index is 0.809. The zero-order chi connectivity index (χ0) is 29.9. The van der Waals surface area contributed by atoms with E-state index in [1.54, 1.807) is 0 Å². The number of nitrogens with zero attached hydrogens (tertiary/aromatic N) is 4. The molecule has 46 heavy (non-hydrogen) atoms. The maximum atomic E-state index is 6.71. The van der Waals surface area contributed by atoms with Crippen molar-refractivity contribution in [2.24, 2.45) is 0 Å². The summed E-state index contributed by atoms with van der Waals surface area (Å²) in [5.41, 5.74) is 11.4. The summed E-state index contributed by atoms with van der Waals surface area (Å²) < 4.78 is 13.7. The molecule has 0 saturated heterocycles. The first-order valence-corrected chi connectivity index (χ1v) is 15.6. The van der Waals surface area contributed by atoms with Crippen LogP contribution in [0.5, 0.6) is 0 Å². The zero-order valence-corrected chi connectivity index (χ0v) is 24.6. The van der Waals surface area contributed by atoms with Gasteiger partial charge >= 0.3 is 0 Å². The molecule has 5 nitrogen and oxygen atoms in total. The molecule has 0 bridgehead atoms. The van der Waals surface area contributed by atoms with E-state index in [1.807, 2.05) is 12.1 Å². The fourth-order valence-electron chi connectivity index (χ4n) is 7.74. The number of furan rings is 1. The van der Waals surface area contributed by atoms with E-state index in [4.69, 9.17) is 9.40 Å². The van der Waals surface area contributed by atoms with Crippen LogP contribution in [0.2, 0.25) is 0 Å². The van der Waals surface area contributed by atoms with Crippen LogP contribution in [0, 0.1) is 0 Å². The number of hydrogen-bond donors (Lipinski definition) is 0. The average molecular weight is 589 g/mol. The summed E-state index contributed by atoms with van der Waals surface area (Å²) in [5, 5.41) is 6.90. The van der Waals surface area contributed by atoms with Crippen LogP contribution >= 0.6 is 0 Å². The summed E-state index contributed by atoms with van der Waals surface area (Å²) in [6.07, 6.45) is 0. The van der Waals surface area contributed by atoms with Gasteiger partial charge in [-0.15, -0.1) is 0 Å². The van der Waals surface area contributed by atoms with Crippen LogP contribution in [0.25, 0.3) is 93.7 Å². The van der Waals surface area contributed by atoms with Crippen LogP contribution in [0.1, 0.15) is 0 Å². The van der Waals surface area contributed by atoms with Gasteiger partial charge in [-0.05, 0) is 60.7 Å². The van der Waals surface area contributed by atoms with Crippen molar-refractivity contribution in [2.75, 3.05) is 0 Å². The van der Waals surface area contributed by atoms with Gasteiger partial charge in [0.25, 0.3) is 0 Å². The highest BCUT2D eigenvalue weighted by atomic mass is 16.3. The summed E-state index contributed by atoms with van der Waals surface area (Å²) in [7, 11) is 0. The molecule has 0 spiro atoms. The molecule has 0 unspecified atom stereocenters. The summed E-state index contributed by atoms with van der Waals surface area (Å²) in [6.45, 7) is 0. The van der Waals surface area contributed by atoms with Crippen LogP contribution < -0.4 is 0 Å². The molecular weight excluding hydrogens is 564 g/mol. The number of aromatic nitrogens is 4. The van der Waals surface area contributed by atoms with Gasteiger partial charge in [-0.1, -0.05) is 84.9 Å². The first-order valence-electron chi connectivity index (χ1n) is 15.6. The van der Waals surface area contributed by atoms with Crippen LogP contribution in [0.15, 0.2) is 150 Å².